The first-order valence-electron chi connectivity index (χ1n) is 7.61. The number of hydrogen-bond donors (Lipinski definition) is 1. The average molecular weight is 304 g/mol. The van der Waals surface area contributed by atoms with Crippen molar-refractivity contribution in [1.82, 2.24) is 14.9 Å². The quantitative estimate of drug-likeness (QED) is 0.909. The predicted octanol–water partition coefficient (Wildman–Crippen LogP) is 1.60. The second kappa shape index (κ2) is 6.54. The predicted molar refractivity (Wildman–Crippen MR) is 83.4 cm³/mol. The van der Waals surface area contributed by atoms with Crippen LogP contribution in [0.2, 0.25) is 0 Å². The zero-order chi connectivity index (χ0) is 15.5. The first-order valence-corrected chi connectivity index (χ1v) is 7.61. The third-order valence-corrected chi connectivity index (χ3v) is 4.33. The van der Waals surface area contributed by atoms with Crippen molar-refractivity contribution in [1.29, 1.82) is 0 Å². The van der Waals surface area contributed by atoms with Crippen LogP contribution in [0.4, 0.5) is 4.39 Å². The lowest BCUT2D eigenvalue weighted by Crippen LogP contribution is -2.25. The van der Waals surface area contributed by atoms with E-state index in [4.69, 9.17) is 10.5 Å². The monoisotopic (exact) mass is 304 g/mol. The summed E-state index contributed by atoms with van der Waals surface area (Å²) >= 11 is 0. The van der Waals surface area contributed by atoms with E-state index in [0.29, 0.717) is 34.8 Å². The van der Waals surface area contributed by atoms with Crippen LogP contribution in [-0.4, -0.2) is 48.2 Å². The van der Waals surface area contributed by atoms with Crippen LogP contribution < -0.4 is 10.5 Å². The van der Waals surface area contributed by atoms with Gasteiger partial charge >= 0.3 is 0 Å². The van der Waals surface area contributed by atoms with E-state index in [0.717, 1.165) is 32.6 Å². The van der Waals surface area contributed by atoms with Gasteiger partial charge in [0.05, 0.1) is 24.3 Å². The molecule has 2 aromatic heterocycles. The molecule has 22 heavy (non-hydrogen) atoms. The molecular formula is C16H21FN4O. The number of ether oxygens (including phenoxy) is 1. The molecule has 0 amide bonds. The Kier molecular flexibility index (Phi) is 4.49. The highest BCUT2D eigenvalue weighted by molar-refractivity contribution is 5.78. The fraction of sp³-hybridized carbons (Fsp3) is 0.500. The van der Waals surface area contributed by atoms with Gasteiger partial charge in [-0.3, -0.25) is 4.98 Å². The zero-order valence-electron chi connectivity index (χ0n) is 12.8. The molecule has 3 rings (SSSR count). The topological polar surface area (TPSA) is 64.3 Å². The third-order valence-electron chi connectivity index (χ3n) is 4.33. The van der Waals surface area contributed by atoms with Crippen molar-refractivity contribution in [2.45, 2.75) is 12.8 Å². The molecule has 0 aromatic carbocycles. The first-order chi connectivity index (χ1) is 10.7. The molecule has 1 aliphatic heterocycles. The maximum absolute atomic E-state index is 14.2. The molecule has 2 aromatic rings. The van der Waals surface area contributed by atoms with Crippen LogP contribution in [0.25, 0.3) is 11.0 Å². The number of hydrogen-bond acceptors (Lipinski definition) is 5. The fourth-order valence-corrected chi connectivity index (χ4v) is 3.01. The highest BCUT2D eigenvalue weighted by atomic mass is 19.1. The lowest BCUT2D eigenvalue weighted by atomic mass is 10.1. The molecule has 0 aliphatic carbocycles. The van der Waals surface area contributed by atoms with E-state index in [1.807, 2.05) is 6.07 Å². The van der Waals surface area contributed by atoms with Crippen LogP contribution in [-0.2, 0) is 6.42 Å². The summed E-state index contributed by atoms with van der Waals surface area (Å²) in [5.74, 6) is 0.741. The zero-order valence-corrected chi connectivity index (χ0v) is 12.8. The second-order valence-electron chi connectivity index (χ2n) is 5.75. The van der Waals surface area contributed by atoms with Crippen LogP contribution in [0.3, 0.4) is 0 Å². The van der Waals surface area contributed by atoms with E-state index >= 15 is 0 Å². The Bertz CT molecular complexity index is 664. The van der Waals surface area contributed by atoms with Crippen molar-refractivity contribution in [2.24, 2.45) is 11.7 Å². The summed E-state index contributed by atoms with van der Waals surface area (Å²) in [6, 6.07) is 3.55. The van der Waals surface area contributed by atoms with Gasteiger partial charge in [0.15, 0.2) is 0 Å². The normalized spacial score (nSPS) is 19.0. The summed E-state index contributed by atoms with van der Waals surface area (Å²) < 4.78 is 19.3. The summed E-state index contributed by atoms with van der Waals surface area (Å²) in [5, 5.41) is 0. The summed E-state index contributed by atoms with van der Waals surface area (Å²) in [4.78, 5) is 10.8. The Morgan fingerprint density at radius 1 is 1.45 bits per heavy atom. The van der Waals surface area contributed by atoms with Crippen LogP contribution in [0.5, 0.6) is 5.88 Å². The molecule has 0 bridgehead atoms. The molecular weight excluding hydrogens is 283 g/mol. The maximum atomic E-state index is 14.2. The number of nitrogens with zero attached hydrogens (tertiary/aromatic N) is 3. The minimum atomic E-state index is -0.303. The van der Waals surface area contributed by atoms with Gasteiger partial charge in [0.1, 0.15) is 5.82 Å². The molecule has 1 aliphatic rings. The van der Waals surface area contributed by atoms with E-state index in [-0.39, 0.29) is 5.82 Å². The standard InChI is InChI=1S/C16H21FN4O/c1-22-15-3-2-14-16(20-15)12(13(17)9-19-14)5-7-21-6-4-11(8-18)10-21/h2-3,9,11H,4-8,10,18H2,1H3/t11-/m0/s1. The number of aromatic nitrogens is 2. The van der Waals surface area contributed by atoms with Crippen molar-refractivity contribution in [3.8, 4) is 5.88 Å². The summed E-state index contributed by atoms with van der Waals surface area (Å²) in [6.07, 6.45) is 3.02. The molecule has 3 heterocycles. The van der Waals surface area contributed by atoms with E-state index in [1.54, 1.807) is 13.2 Å². The molecule has 2 N–H and O–H groups in total. The van der Waals surface area contributed by atoms with Gasteiger partial charge in [0.2, 0.25) is 5.88 Å². The fourth-order valence-electron chi connectivity index (χ4n) is 3.01. The van der Waals surface area contributed by atoms with E-state index in [9.17, 15) is 4.39 Å². The Hall–Kier alpha value is -1.79. The van der Waals surface area contributed by atoms with E-state index in [2.05, 4.69) is 14.9 Å². The Morgan fingerprint density at radius 2 is 2.32 bits per heavy atom. The Morgan fingerprint density at radius 3 is 3.05 bits per heavy atom. The maximum Gasteiger partial charge on any atom is 0.213 e. The smallest absolute Gasteiger partial charge is 0.213 e. The van der Waals surface area contributed by atoms with Crippen LogP contribution in [0, 0.1) is 11.7 Å². The largest absolute Gasteiger partial charge is 0.481 e. The van der Waals surface area contributed by atoms with Gasteiger partial charge < -0.3 is 15.4 Å². The number of rotatable bonds is 5. The number of methoxy groups -OCH3 is 1. The highest BCUT2D eigenvalue weighted by Gasteiger charge is 2.21. The molecule has 0 radical (unpaired) electrons. The van der Waals surface area contributed by atoms with Gasteiger partial charge in [-0.05, 0) is 37.9 Å². The summed E-state index contributed by atoms with van der Waals surface area (Å²) in [5.41, 5.74) is 7.61. The Labute approximate surface area is 129 Å². The van der Waals surface area contributed by atoms with E-state index < -0.39 is 0 Å². The molecule has 6 heteroatoms. The number of fused-ring (bicyclic) bond motifs is 1. The SMILES string of the molecule is COc1ccc2ncc(F)c(CCN3CC[C@@H](CN)C3)c2n1. The van der Waals surface area contributed by atoms with Gasteiger partial charge in [-0.2, -0.15) is 0 Å². The van der Waals surface area contributed by atoms with Crippen LogP contribution >= 0.6 is 0 Å². The molecule has 1 saturated heterocycles. The molecule has 1 fully saturated rings. The molecule has 0 unspecified atom stereocenters. The average Bonchev–Trinajstić information content (AvgIpc) is 3.01. The van der Waals surface area contributed by atoms with Crippen molar-refractivity contribution >= 4 is 11.0 Å². The molecule has 0 spiro atoms. The number of nitrogens with two attached hydrogens (primary N) is 1. The van der Waals surface area contributed by atoms with Gasteiger partial charge in [-0.25, -0.2) is 9.37 Å². The van der Waals surface area contributed by atoms with Gasteiger partial charge in [-0.1, -0.05) is 0 Å². The van der Waals surface area contributed by atoms with Crippen molar-refractivity contribution < 1.29 is 9.13 Å². The molecule has 1 atom stereocenters. The van der Waals surface area contributed by atoms with Gasteiger partial charge in [0.25, 0.3) is 0 Å². The van der Waals surface area contributed by atoms with Crippen LogP contribution in [0.15, 0.2) is 18.3 Å². The summed E-state index contributed by atoms with van der Waals surface area (Å²) in [6.45, 7) is 3.56. The van der Waals surface area contributed by atoms with Crippen molar-refractivity contribution in [2.75, 3.05) is 33.3 Å². The van der Waals surface area contributed by atoms with Crippen molar-refractivity contribution in [3.63, 3.8) is 0 Å². The third kappa shape index (κ3) is 3.03. The minimum absolute atomic E-state index is 0.303. The van der Waals surface area contributed by atoms with E-state index in [1.165, 1.54) is 6.20 Å². The van der Waals surface area contributed by atoms with Crippen molar-refractivity contribution in [3.05, 3.63) is 29.7 Å². The van der Waals surface area contributed by atoms with Gasteiger partial charge in [-0.15, -0.1) is 0 Å². The lowest BCUT2D eigenvalue weighted by molar-refractivity contribution is 0.328. The summed E-state index contributed by atoms with van der Waals surface area (Å²) in [7, 11) is 1.55. The minimum Gasteiger partial charge on any atom is -0.481 e. The lowest BCUT2D eigenvalue weighted by Gasteiger charge is -2.16. The molecule has 5 nitrogen and oxygen atoms in total. The number of halogens is 1. The molecule has 118 valence electrons. The Balaban J connectivity index is 1.81. The highest BCUT2D eigenvalue weighted by Crippen LogP contribution is 2.22. The first kappa shape index (κ1) is 15.1. The second-order valence-corrected chi connectivity index (χ2v) is 5.75. The number of pyridine rings is 2. The van der Waals surface area contributed by atoms with Gasteiger partial charge in [0, 0.05) is 24.7 Å². The number of likely N-dealkylation sites (tertiary alicyclic amines) is 1. The molecule has 0 saturated carbocycles. The van der Waals surface area contributed by atoms with Crippen LogP contribution in [0.1, 0.15) is 12.0 Å².